The number of carbonyl (C=O) groups is 2. The van der Waals surface area contributed by atoms with Crippen LogP contribution in [0, 0.1) is 13.8 Å². The zero-order valence-electron chi connectivity index (χ0n) is 16.9. The van der Waals surface area contributed by atoms with Crippen molar-refractivity contribution in [3.63, 3.8) is 0 Å². The van der Waals surface area contributed by atoms with Crippen LogP contribution in [0.25, 0.3) is 5.52 Å². The smallest absolute Gasteiger partial charge is 0.290 e. The van der Waals surface area contributed by atoms with Crippen LogP contribution in [0.1, 0.15) is 57.9 Å². The number of hydrogen-bond acceptors (Lipinski definition) is 3. The maximum Gasteiger partial charge on any atom is 0.290 e. The standard InChI is InChI=1S/C23H26N4O2/c1-16-13-17(2)15-18(14-16)24-22(28)20-19-9-5-8-12-27(19)21(25-20)23(29)26-10-6-3-4-7-11-26/h5,8-9,12-15H,3-4,6-7,10-11H2,1-2H3,(H,24,28). The quantitative estimate of drug-likeness (QED) is 0.728. The van der Waals surface area contributed by atoms with Gasteiger partial charge in [0.1, 0.15) is 0 Å². The average Bonchev–Trinajstić information content (AvgIpc) is 2.86. The van der Waals surface area contributed by atoms with Crippen molar-refractivity contribution in [2.45, 2.75) is 39.5 Å². The molecule has 150 valence electrons. The molecule has 1 aliphatic rings. The molecule has 0 atom stereocenters. The Balaban J connectivity index is 1.68. The number of rotatable bonds is 3. The number of pyridine rings is 1. The molecule has 1 aliphatic heterocycles. The minimum atomic E-state index is -0.311. The number of carbonyl (C=O) groups excluding carboxylic acids is 2. The summed E-state index contributed by atoms with van der Waals surface area (Å²) >= 11 is 0. The molecule has 2 amide bonds. The van der Waals surface area contributed by atoms with Gasteiger partial charge in [0.25, 0.3) is 11.8 Å². The Morgan fingerprint density at radius 2 is 1.66 bits per heavy atom. The van der Waals surface area contributed by atoms with Crippen molar-refractivity contribution < 1.29 is 9.59 Å². The maximum absolute atomic E-state index is 13.2. The van der Waals surface area contributed by atoms with Crippen molar-refractivity contribution >= 4 is 23.0 Å². The van der Waals surface area contributed by atoms with E-state index in [4.69, 9.17) is 0 Å². The van der Waals surface area contributed by atoms with Gasteiger partial charge in [-0.2, -0.15) is 0 Å². The number of likely N-dealkylation sites (tertiary alicyclic amines) is 1. The maximum atomic E-state index is 13.2. The van der Waals surface area contributed by atoms with Crippen LogP contribution in [0.2, 0.25) is 0 Å². The molecule has 6 heteroatoms. The van der Waals surface area contributed by atoms with E-state index in [1.54, 1.807) is 10.6 Å². The van der Waals surface area contributed by atoms with Gasteiger partial charge in [-0.15, -0.1) is 0 Å². The van der Waals surface area contributed by atoms with Crippen molar-refractivity contribution in [1.29, 1.82) is 0 Å². The Labute approximate surface area is 170 Å². The predicted molar refractivity (Wildman–Crippen MR) is 113 cm³/mol. The van der Waals surface area contributed by atoms with E-state index in [2.05, 4.69) is 16.4 Å². The molecule has 0 spiro atoms. The summed E-state index contributed by atoms with van der Waals surface area (Å²) in [5.74, 6) is -0.125. The molecule has 2 aromatic heterocycles. The summed E-state index contributed by atoms with van der Waals surface area (Å²) in [6, 6.07) is 11.4. The minimum Gasteiger partial charge on any atom is -0.336 e. The lowest BCUT2D eigenvalue weighted by atomic mass is 10.1. The number of anilines is 1. The summed E-state index contributed by atoms with van der Waals surface area (Å²) < 4.78 is 1.73. The highest BCUT2D eigenvalue weighted by Crippen LogP contribution is 2.20. The lowest BCUT2D eigenvalue weighted by Gasteiger charge is -2.19. The van der Waals surface area contributed by atoms with Gasteiger partial charge in [-0.3, -0.25) is 14.0 Å². The first-order valence-electron chi connectivity index (χ1n) is 10.2. The minimum absolute atomic E-state index is 0.112. The van der Waals surface area contributed by atoms with Gasteiger partial charge in [0.05, 0.1) is 5.52 Å². The number of aryl methyl sites for hydroxylation is 2. The van der Waals surface area contributed by atoms with Crippen LogP contribution >= 0.6 is 0 Å². The first-order chi connectivity index (χ1) is 14.0. The van der Waals surface area contributed by atoms with Crippen LogP contribution in [0.4, 0.5) is 5.69 Å². The average molecular weight is 390 g/mol. The Bertz CT molecular complexity index is 1040. The Kier molecular flexibility index (Phi) is 5.34. The molecule has 0 radical (unpaired) electrons. The van der Waals surface area contributed by atoms with Gasteiger partial charge >= 0.3 is 0 Å². The molecule has 4 rings (SSSR count). The van der Waals surface area contributed by atoms with E-state index >= 15 is 0 Å². The lowest BCUT2D eigenvalue weighted by molar-refractivity contribution is 0.0748. The predicted octanol–water partition coefficient (Wildman–Crippen LogP) is 4.22. The molecule has 0 aliphatic carbocycles. The molecule has 0 saturated carbocycles. The summed E-state index contributed by atoms with van der Waals surface area (Å²) in [6.07, 6.45) is 6.11. The van der Waals surface area contributed by atoms with Crippen LogP contribution in [-0.4, -0.2) is 39.2 Å². The molecule has 0 unspecified atom stereocenters. The molecule has 1 saturated heterocycles. The van der Waals surface area contributed by atoms with Crippen LogP contribution in [0.15, 0.2) is 42.6 Å². The number of amides is 2. The molecule has 3 aromatic rings. The fraction of sp³-hybridized carbons (Fsp3) is 0.348. The van der Waals surface area contributed by atoms with Gasteiger partial charge in [-0.25, -0.2) is 4.98 Å². The normalized spacial score (nSPS) is 14.6. The van der Waals surface area contributed by atoms with Gasteiger partial charge in [0.2, 0.25) is 5.82 Å². The van der Waals surface area contributed by atoms with E-state index in [-0.39, 0.29) is 17.5 Å². The van der Waals surface area contributed by atoms with Crippen LogP contribution in [0.3, 0.4) is 0 Å². The molecular formula is C23H26N4O2. The number of fused-ring (bicyclic) bond motifs is 1. The number of imidazole rings is 1. The van der Waals surface area contributed by atoms with Gasteiger partial charge in [0.15, 0.2) is 5.69 Å². The Morgan fingerprint density at radius 1 is 0.966 bits per heavy atom. The number of aromatic nitrogens is 2. The fourth-order valence-electron chi connectivity index (χ4n) is 4.01. The van der Waals surface area contributed by atoms with E-state index in [9.17, 15) is 9.59 Å². The van der Waals surface area contributed by atoms with E-state index in [0.717, 1.165) is 55.6 Å². The van der Waals surface area contributed by atoms with Crippen LogP contribution in [-0.2, 0) is 0 Å². The van der Waals surface area contributed by atoms with E-state index in [1.165, 1.54) is 0 Å². The first kappa shape index (κ1) is 19.2. The molecule has 1 aromatic carbocycles. The van der Waals surface area contributed by atoms with Gasteiger partial charge < -0.3 is 10.2 Å². The molecule has 1 N–H and O–H groups in total. The van der Waals surface area contributed by atoms with Crippen molar-refractivity contribution in [3.05, 3.63) is 65.2 Å². The third-order valence-electron chi connectivity index (χ3n) is 5.33. The van der Waals surface area contributed by atoms with E-state index in [1.807, 2.05) is 49.1 Å². The Hall–Kier alpha value is -3.15. The third-order valence-corrected chi connectivity index (χ3v) is 5.33. The number of benzene rings is 1. The van der Waals surface area contributed by atoms with E-state index < -0.39 is 0 Å². The summed E-state index contributed by atoms with van der Waals surface area (Å²) in [5, 5.41) is 2.93. The van der Waals surface area contributed by atoms with E-state index in [0.29, 0.717) is 11.3 Å². The number of hydrogen-bond donors (Lipinski definition) is 1. The summed E-state index contributed by atoms with van der Waals surface area (Å²) in [4.78, 5) is 32.5. The largest absolute Gasteiger partial charge is 0.336 e. The highest BCUT2D eigenvalue weighted by molar-refractivity contribution is 6.09. The lowest BCUT2D eigenvalue weighted by Crippen LogP contribution is -2.33. The Morgan fingerprint density at radius 3 is 2.34 bits per heavy atom. The number of nitrogens with one attached hydrogen (secondary N) is 1. The van der Waals surface area contributed by atoms with Gasteiger partial charge in [-0.1, -0.05) is 25.0 Å². The van der Waals surface area contributed by atoms with Gasteiger partial charge in [-0.05, 0) is 62.1 Å². The van der Waals surface area contributed by atoms with Gasteiger partial charge in [0, 0.05) is 25.0 Å². The van der Waals surface area contributed by atoms with Crippen LogP contribution in [0.5, 0.6) is 0 Å². The topological polar surface area (TPSA) is 66.7 Å². The van der Waals surface area contributed by atoms with Crippen molar-refractivity contribution in [2.24, 2.45) is 0 Å². The molecule has 1 fully saturated rings. The summed E-state index contributed by atoms with van der Waals surface area (Å²) in [6.45, 7) is 5.47. The molecule has 6 nitrogen and oxygen atoms in total. The monoisotopic (exact) mass is 390 g/mol. The third kappa shape index (κ3) is 4.01. The van der Waals surface area contributed by atoms with Crippen molar-refractivity contribution in [2.75, 3.05) is 18.4 Å². The molecular weight excluding hydrogens is 364 g/mol. The molecule has 29 heavy (non-hydrogen) atoms. The highest BCUT2D eigenvalue weighted by atomic mass is 16.2. The SMILES string of the molecule is Cc1cc(C)cc(NC(=O)c2nc(C(=O)N3CCCCCC3)n3ccccc23)c1. The van der Waals surface area contributed by atoms with Crippen molar-refractivity contribution in [3.8, 4) is 0 Å². The second kappa shape index (κ2) is 8.07. The fourth-order valence-corrected chi connectivity index (χ4v) is 4.01. The zero-order chi connectivity index (χ0) is 20.4. The van der Waals surface area contributed by atoms with Crippen molar-refractivity contribution in [1.82, 2.24) is 14.3 Å². The second-order valence-corrected chi connectivity index (χ2v) is 7.78. The highest BCUT2D eigenvalue weighted by Gasteiger charge is 2.25. The first-order valence-corrected chi connectivity index (χ1v) is 10.2. The summed E-state index contributed by atoms with van der Waals surface area (Å²) in [7, 11) is 0. The summed E-state index contributed by atoms with van der Waals surface area (Å²) in [5.41, 5.74) is 3.78. The van der Waals surface area contributed by atoms with Crippen LogP contribution < -0.4 is 5.32 Å². The molecule has 0 bridgehead atoms. The molecule has 3 heterocycles. The number of nitrogens with zero attached hydrogens (tertiary/aromatic N) is 3. The second-order valence-electron chi connectivity index (χ2n) is 7.78. The zero-order valence-corrected chi connectivity index (χ0v) is 16.9.